The van der Waals surface area contributed by atoms with E-state index in [0.29, 0.717) is 78.1 Å². The molecule has 0 atom stereocenters. The van der Waals surface area contributed by atoms with Gasteiger partial charge in [-0.05, 0) is 53.4 Å². The topological polar surface area (TPSA) is 78.1 Å². The van der Waals surface area contributed by atoms with Crippen LogP contribution in [-0.2, 0) is 12.8 Å². The summed E-state index contributed by atoms with van der Waals surface area (Å²) in [7, 11) is 7.20. The molecule has 2 aromatic carbocycles. The van der Waals surface area contributed by atoms with Crippen LogP contribution in [0.4, 0.5) is 0 Å². The third-order valence-electron chi connectivity index (χ3n) is 6.09. The standard InChI is InChI=1S/C30H36BBrO6/c1-18(2)8-10-20-22(36-15-7-13-32)16-24-27(28(20)33)29(34)26-21(11-9-19(3)4)30(35-5)25(17-23(26)38-24)37-14-6-12-31/h8-9,16-17,33H,6-7,10-15H2,1-5H3. The molecule has 0 aliphatic rings. The van der Waals surface area contributed by atoms with Gasteiger partial charge in [-0.2, -0.15) is 0 Å². The largest absolute Gasteiger partial charge is 0.507 e. The van der Waals surface area contributed by atoms with E-state index in [0.717, 1.165) is 22.9 Å². The predicted molar refractivity (Wildman–Crippen MR) is 159 cm³/mol. The molecule has 0 aliphatic carbocycles. The Kier molecular flexibility index (Phi) is 10.8. The molecule has 3 aromatic rings. The van der Waals surface area contributed by atoms with Crippen LogP contribution in [0.1, 0.15) is 51.7 Å². The third kappa shape index (κ3) is 6.76. The van der Waals surface area contributed by atoms with Crippen molar-refractivity contribution < 1.29 is 23.7 Å². The molecule has 0 aliphatic heterocycles. The second-order valence-corrected chi connectivity index (χ2v) is 10.4. The second-order valence-electron chi connectivity index (χ2n) is 9.62. The summed E-state index contributed by atoms with van der Waals surface area (Å²) >= 11 is 3.42. The summed E-state index contributed by atoms with van der Waals surface area (Å²) in [6, 6.07) is 3.38. The van der Waals surface area contributed by atoms with Gasteiger partial charge < -0.3 is 23.7 Å². The van der Waals surface area contributed by atoms with E-state index in [9.17, 15) is 9.90 Å². The number of hydrogen-bond acceptors (Lipinski definition) is 6. The van der Waals surface area contributed by atoms with E-state index in [1.807, 2.05) is 39.8 Å². The number of allylic oxidation sites excluding steroid dienone is 4. The van der Waals surface area contributed by atoms with Gasteiger partial charge in [-0.15, -0.1) is 0 Å². The molecule has 0 spiro atoms. The third-order valence-corrected chi connectivity index (χ3v) is 6.65. The SMILES string of the molecule is [B]CCCOc1cc2oc3cc(OCCCBr)c(CC=C(C)C)c(O)c3c(=O)c2c(CC=C(C)C)c1OC. The fourth-order valence-corrected chi connectivity index (χ4v) is 4.40. The van der Waals surface area contributed by atoms with Crippen LogP contribution < -0.4 is 19.6 Å². The van der Waals surface area contributed by atoms with E-state index < -0.39 is 0 Å². The number of phenols is 1. The fourth-order valence-electron chi connectivity index (χ4n) is 4.17. The van der Waals surface area contributed by atoms with Crippen LogP contribution in [0.15, 0.2) is 44.6 Å². The maximum absolute atomic E-state index is 14.1. The highest BCUT2D eigenvalue weighted by Crippen LogP contribution is 2.41. The zero-order valence-corrected chi connectivity index (χ0v) is 24.5. The Morgan fingerprint density at radius 2 is 1.53 bits per heavy atom. The Labute approximate surface area is 234 Å². The van der Waals surface area contributed by atoms with E-state index in [2.05, 4.69) is 15.9 Å². The van der Waals surface area contributed by atoms with Crippen molar-refractivity contribution in [1.82, 2.24) is 0 Å². The van der Waals surface area contributed by atoms with E-state index in [4.69, 9.17) is 26.5 Å². The average molecular weight is 583 g/mol. The maximum atomic E-state index is 14.1. The van der Waals surface area contributed by atoms with E-state index in [1.54, 1.807) is 19.2 Å². The van der Waals surface area contributed by atoms with Crippen LogP contribution in [-0.4, -0.2) is 38.6 Å². The first-order chi connectivity index (χ1) is 18.2. The first-order valence-corrected chi connectivity index (χ1v) is 14.0. The van der Waals surface area contributed by atoms with Gasteiger partial charge in [0, 0.05) is 28.6 Å². The van der Waals surface area contributed by atoms with E-state index in [1.165, 1.54) is 0 Å². The highest BCUT2D eigenvalue weighted by molar-refractivity contribution is 9.09. The van der Waals surface area contributed by atoms with Gasteiger partial charge in [-0.1, -0.05) is 45.5 Å². The number of hydrogen-bond donors (Lipinski definition) is 1. The summed E-state index contributed by atoms with van der Waals surface area (Å²) in [6.07, 6.45) is 6.83. The average Bonchev–Trinajstić information content (AvgIpc) is 2.86. The van der Waals surface area contributed by atoms with Crippen molar-refractivity contribution in [3.05, 3.63) is 56.8 Å². The van der Waals surface area contributed by atoms with Crippen molar-refractivity contribution in [3.8, 4) is 23.0 Å². The molecule has 1 aromatic heterocycles. The van der Waals surface area contributed by atoms with Crippen molar-refractivity contribution in [2.45, 2.75) is 59.7 Å². The number of alkyl halides is 1. The molecular formula is C30H36BBrO6. The minimum atomic E-state index is -0.326. The minimum Gasteiger partial charge on any atom is -0.507 e. The molecule has 0 bridgehead atoms. The molecule has 0 unspecified atom stereocenters. The monoisotopic (exact) mass is 582 g/mol. The van der Waals surface area contributed by atoms with Crippen molar-refractivity contribution in [3.63, 3.8) is 0 Å². The Hall–Kier alpha value is -2.87. The molecule has 1 N–H and O–H groups in total. The lowest BCUT2D eigenvalue weighted by molar-refractivity contribution is 0.293. The lowest BCUT2D eigenvalue weighted by Crippen LogP contribution is -2.10. The molecular weight excluding hydrogens is 547 g/mol. The number of phenolic OH excluding ortho intramolecular Hbond substituents is 1. The number of ether oxygens (including phenoxy) is 3. The highest BCUT2D eigenvalue weighted by atomic mass is 79.9. The number of methoxy groups -OCH3 is 1. The Morgan fingerprint density at radius 1 is 0.947 bits per heavy atom. The van der Waals surface area contributed by atoms with Crippen LogP contribution in [0.25, 0.3) is 21.9 Å². The Bertz CT molecular complexity index is 1400. The van der Waals surface area contributed by atoms with Crippen molar-refractivity contribution in [1.29, 1.82) is 0 Å². The van der Waals surface area contributed by atoms with Gasteiger partial charge in [0.2, 0.25) is 5.43 Å². The zero-order chi connectivity index (χ0) is 27.8. The molecule has 38 heavy (non-hydrogen) atoms. The van der Waals surface area contributed by atoms with Gasteiger partial charge in [0.1, 0.15) is 28.1 Å². The number of benzene rings is 2. The first kappa shape index (κ1) is 29.7. The summed E-state index contributed by atoms with van der Waals surface area (Å²) in [6.45, 7) is 8.82. The van der Waals surface area contributed by atoms with Gasteiger partial charge in [0.25, 0.3) is 0 Å². The number of aromatic hydroxyl groups is 1. The molecule has 0 saturated carbocycles. The number of halogens is 1. The second kappa shape index (κ2) is 13.8. The van der Waals surface area contributed by atoms with Crippen LogP contribution in [0, 0.1) is 0 Å². The maximum Gasteiger partial charge on any atom is 0.204 e. The van der Waals surface area contributed by atoms with E-state index in [-0.39, 0.29) is 22.1 Å². The molecule has 3 rings (SSSR count). The molecule has 0 saturated heterocycles. The minimum absolute atomic E-state index is 0.125. The predicted octanol–water partition coefficient (Wildman–Crippen LogP) is 7.20. The van der Waals surface area contributed by atoms with Crippen molar-refractivity contribution in [2.75, 3.05) is 25.7 Å². The Morgan fingerprint density at radius 3 is 2.13 bits per heavy atom. The zero-order valence-electron chi connectivity index (χ0n) is 22.9. The quantitative estimate of drug-likeness (QED) is 0.0755. The molecule has 0 amide bonds. The smallest absolute Gasteiger partial charge is 0.204 e. The molecule has 2 radical (unpaired) electrons. The summed E-state index contributed by atoms with van der Waals surface area (Å²) in [5.41, 5.74) is 3.67. The highest BCUT2D eigenvalue weighted by Gasteiger charge is 2.24. The van der Waals surface area contributed by atoms with Gasteiger partial charge in [-0.25, -0.2) is 0 Å². The molecule has 6 nitrogen and oxygen atoms in total. The van der Waals surface area contributed by atoms with Crippen LogP contribution in [0.5, 0.6) is 23.0 Å². The summed E-state index contributed by atoms with van der Waals surface area (Å²) < 4.78 is 24.0. The Balaban J connectivity index is 2.38. The summed E-state index contributed by atoms with van der Waals surface area (Å²) in [5.74, 6) is 1.32. The lowest BCUT2D eigenvalue weighted by Gasteiger charge is -2.18. The normalized spacial score (nSPS) is 11.0. The van der Waals surface area contributed by atoms with Crippen LogP contribution >= 0.6 is 15.9 Å². The van der Waals surface area contributed by atoms with Crippen LogP contribution in [0.2, 0.25) is 6.32 Å². The van der Waals surface area contributed by atoms with Gasteiger partial charge >= 0.3 is 0 Å². The van der Waals surface area contributed by atoms with Gasteiger partial charge in [-0.3, -0.25) is 4.79 Å². The number of rotatable bonds is 13. The molecule has 202 valence electrons. The lowest BCUT2D eigenvalue weighted by atomic mass is 9.98. The molecule has 0 fully saturated rings. The summed E-state index contributed by atoms with van der Waals surface area (Å²) in [4.78, 5) is 14.1. The van der Waals surface area contributed by atoms with Crippen molar-refractivity contribution >= 4 is 45.7 Å². The number of fused-ring (bicyclic) bond motifs is 2. The van der Waals surface area contributed by atoms with Crippen molar-refractivity contribution in [2.24, 2.45) is 0 Å². The fraction of sp³-hybridized carbons (Fsp3) is 0.433. The molecule has 8 heteroatoms. The first-order valence-electron chi connectivity index (χ1n) is 12.9. The molecule has 1 heterocycles. The van der Waals surface area contributed by atoms with E-state index >= 15 is 0 Å². The van der Waals surface area contributed by atoms with Gasteiger partial charge in [0.15, 0.2) is 11.5 Å². The van der Waals surface area contributed by atoms with Gasteiger partial charge in [0.05, 0.1) is 33.6 Å². The van der Waals surface area contributed by atoms with Crippen LogP contribution in [0.3, 0.4) is 0 Å². The summed E-state index contributed by atoms with van der Waals surface area (Å²) in [5, 5.41) is 12.7.